The zero-order valence-electron chi connectivity index (χ0n) is 14.6. The standard InChI is InChI=1S/C20H21BrFNO2/c1-20(2,3)25-19(24)23-17(13-6-4-7-14(22)12-13)11-10-15-16(21)8-5-9-18(15)23/h4-9,12,17H,10-11H2,1-3H3. The first-order chi connectivity index (χ1) is 11.8. The first-order valence-corrected chi connectivity index (χ1v) is 9.10. The summed E-state index contributed by atoms with van der Waals surface area (Å²) >= 11 is 3.57. The van der Waals surface area contributed by atoms with Crippen LogP contribution < -0.4 is 4.90 Å². The molecule has 0 N–H and O–H groups in total. The molecule has 132 valence electrons. The topological polar surface area (TPSA) is 29.5 Å². The molecular formula is C20H21BrFNO2. The van der Waals surface area contributed by atoms with Gasteiger partial charge in [0.15, 0.2) is 0 Å². The highest BCUT2D eigenvalue weighted by atomic mass is 79.9. The quantitative estimate of drug-likeness (QED) is 0.580. The van der Waals surface area contributed by atoms with Crippen molar-refractivity contribution in [1.82, 2.24) is 0 Å². The van der Waals surface area contributed by atoms with Crippen LogP contribution in [0.4, 0.5) is 14.9 Å². The van der Waals surface area contributed by atoms with Crippen molar-refractivity contribution in [3.8, 4) is 0 Å². The zero-order valence-corrected chi connectivity index (χ0v) is 16.1. The monoisotopic (exact) mass is 405 g/mol. The van der Waals surface area contributed by atoms with E-state index >= 15 is 0 Å². The molecule has 3 nitrogen and oxygen atoms in total. The van der Waals surface area contributed by atoms with E-state index < -0.39 is 11.7 Å². The van der Waals surface area contributed by atoms with E-state index in [2.05, 4.69) is 15.9 Å². The molecule has 3 rings (SSSR count). The first kappa shape index (κ1) is 17.9. The van der Waals surface area contributed by atoms with Crippen LogP contribution in [0, 0.1) is 5.82 Å². The highest BCUT2D eigenvalue weighted by Crippen LogP contribution is 2.42. The molecule has 0 aliphatic carbocycles. The first-order valence-electron chi connectivity index (χ1n) is 8.31. The summed E-state index contributed by atoms with van der Waals surface area (Å²) in [6.45, 7) is 5.52. The fraction of sp³-hybridized carbons (Fsp3) is 0.350. The van der Waals surface area contributed by atoms with Crippen molar-refractivity contribution in [3.63, 3.8) is 0 Å². The average molecular weight is 406 g/mol. The van der Waals surface area contributed by atoms with E-state index in [0.717, 1.165) is 27.7 Å². The number of carbonyl (C=O) groups excluding carboxylic acids is 1. The van der Waals surface area contributed by atoms with Gasteiger partial charge >= 0.3 is 6.09 Å². The maximum Gasteiger partial charge on any atom is 0.415 e. The van der Waals surface area contributed by atoms with Crippen LogP contribution in [0.5, 0.6) is 0 Å². The van der Waals surface area contributed by atoms with E-state index in [1.807, 2.05) is 45.0 Å². The maximum atomic E-state index is 13.7. The van der Waals surface area contributed by atoms with Gasteiger partial charge in [0, 0.05) is 4.47 Å². The van der Waals surface area contributed by atoms with Crippen molar-refractivity contribution < 1.29 is 13.9 Å². The minimum atomic E-state index is -0.604. The number of amides is 1. The van der Waals surface area contributed by atoms with Gasteiger partial charge in [0.05, 0.1) is 11.7 Å². The third-order valence-electron chi connectivity index (χ3n) is 4.16. The molecule has 0 spiro atoms. The lowest BCUT2D eigenvalue weighted by molar-refractivity contribution is 0.0560. The summed E-state index contributed by atoms with van der Waals surface area (Å²) in [6, 6.07) is 12.0. The van der Waals surface area contributed by atoms with Gasteiger partial charge in [-0.15, -0.1) is 0 Å². The van der Waals surface area contributed by atoms with Crippen LogP contribution in [-0.4, -0.2) is 11.7 Å². The van der Waals surface area contributed by atoms with Gasteiger partial charge in [-0.2, -0.15) is 0 Å². The number of carbonyl (C=O) groups is 1. The molecule has 1 atom stereocenters. The number of benzene rings is 2. The zero-order chi connectivity index (χ0) is 18.2. The Labute approximate surface area is 155 Å². The van der Waals surface area contributed by atoms with Crippen molar-refractivity contribution in [2.75, 3.05) is 4.90 Å². The van der Waals surface area contributed by atoms with Crippen molar-refractivity contribution in [2.45, 2.75) is 45.3 Å². The molecule has 2 aromatic carbocycles. The molecular weight excluding hydrogens is 385 g/mol. The van der Waals surface area contributed by atoms with Crippen molar-refractivity contribution in [3.05, 3.63) is 63.9 Å². The second kappa shape index (κ2) is 6.79. The summed E-state index contributed by atoms with van der Waals surface area (Å²) in [5, 5.41) is 0. The Bertz CT molecular complexity index is 801. The highest BCUT2D eigenvalue weighted by Gasteiger charge is 2.35. The van der Waals surface area contributed by atoms with Gasteiger partial charge in [0.1, 0.15) is 11.4 Å². The van der Waals surface area contributed by atoms with Gasteiger partial charge < -0.3 is 4.74 Å². The molecule has 1 heterocycles. The Morgan fingerprint density at radius 3 is 2.64 bits per heavy atom. The van der Waals surface area contributed by atoms with E-state index in [9.17, 15) is 9.18 Å². The van der Waals surface area contributed by atoms with Crippen molar-refractivity contribution in [1.29, 1.82) is 0 Å². The lowest BCUT2D eigenvalue weighted by atomic mass is 9.91. The van der Waals surface area contributed by atoms with Gasteiger partial charge in [-0.05, 0) is 69.0 Å². The molecule has 1 amide bonds. The molecule has 0 saturated carbocycles. The Hall–Kier alpha value is -1.88. The molecule has 1 unspecified atom stereocenters. The Morgan fingerprint density at radius 1 is 1.24 bits per heavy atom. The molecule has 0 aromatic heterocycles. The minimum absolute atomic E-state index is 0.257. The van der Waals surface area contributed by atoms with Crippen LogP contribution >= 0.6 is 15.9 Å². The van der Waals surface area contributed by atoms with Crippen LogP contribution in [-0.2, 0) is 11.2 Å². The maximum absolute atomic E-state index is 13.7. The lowest BCUT2D eigenvalue weighted by Gasteiger charge is -2.38. The summed E-state index contributed by atoms with van der Waals surface area (Å²) in [7, 11) is 0. The van der Waals surface area contributed by atoms with Crippen LogP contribution in [0.2, 0.25) is 0 Å². The summed E-state index contributed by atoms with van der Waals surface area (Å²) in [4.78, 5) is 14.6. The fourth-order valence-corrected chi connectivity index (χ4v) is 3.72. The van der Waals surface area contributed by atoms with Gasteiger partial charge in [0.25, 0.3) is 0 Å². The van der Waals surface area contributed by atoms with Crippen LogP contribution in [0.1, 0.15) is 44.4 Å². The number of hydrogen-bond donors (Lipinski definition) is 0. The van der Waals surface area contributed by atoms with Crippen LogP contribution in [0.3, 0.4) is 0 Å². The molecule has 1 aliphatic heterocycles. The van der Waals surface area contributed by atoms with E-state index in [-0.39, 0.29) is 11.9 Å². The molecule has 5 heteroatoms. The summed E-state index contributed by atoms with van der Waals surface area (Å²) in [6.07, 6.45) is 1.09. The molecule has 1 aliphatic rings. The number of nitrogens with zero attached hydrogens (tertiary/aromatic N) is 1. The third-order valence-corrected chi connectivity index (χ3v) is 4.90. The molecule has 0 radical (unpaired) electrons. The SMILES string of the molecule is CC(C)(C)OC(=O)N1c2cccc(Br)c2CCC1c1cccc(F)c1. The van der Waals surface area contributed by atoms with Crippen molar-refractivity contribution in [2.24, 2.45) is 0 Å². The number of hydrogen-bond acceptors (Lipinski definition) is 2. The number of rotatable bonds is 1. The fourth-order valence-electron chi connectivity index (χ4n) is 3.16. The molecule has 0 saturated heterocycles. The largest absolute Gasteiger partial charge is 0.443 e. The second-order valence-electron chi connectivity index (χ2n) is 7.20. The van der Waals surface area contributed by atoms with Crippen LogP contribution in [0.15, 0.2) is 46.9 Å². The second-order valence-corrected chi connectivity index (χ2v) is 8.05. The van der Waals surface area contributed by atoms with Gasteiger partial charge in [-0.3, -0.25) is 4.90 Å². The average Bonchev–Trinajstić information content (AvgIpc) is 2.52. The van der Waals surface area contributed by atoms with Gasteiger partial charge in [-0.25, -0.2) is 9.18 Å². The predicted molar refractivity (Wildman–Crippen MR) is 100 cm³/mol. The van der Waals surface area contributed by atoms with Crippen LogP contribution in [0.25, 0.3) is 0 Å². The number of fused-ring (bicyclic) bond motifs is 1. The van der Waals surface area contributed by atoms with Gasteiger partial charge in [0.2, 0.25) is 0 Å². The van der Waals surface area contributed by atoms with Gasteiger partial charge in [-0.1, -0.05) is 34.1 Å². The Kier molecular flexibility index (Phi) is 4.87. The highest BCUT2D eigenvalue weighted by molar-refractivity contribution is 9.10. The molecule has 2 aromatic rings. The third kappa shape index (κ3) is 3.87. The predicted octanol–water partition coefficient (Wildman–Crippen LogP) is 6.02. The van der Waals surface area contributed by atoms with Crippen molar-refractivity contribution >= 4 is 27.7 Å². The van der Waals surface area contributed by atoms with E-state index in [1.165, 1.54) is 12.1 Å². The van der Waals surface area contributed by atoms with E-state index in [0.29, 0.717) is 6.42 Å². The molecule has 0 fully saturated rings. The molecule has 0 bridgehead atoms. The number of halogens is 2. The summed E-state index contributed by atoms with van der Waals surface area (Å²) in [5.41, 5.74) is 2.05. The smallest absolute Gasteiger partial charge is 0.415 e. The lowest BCUT2D eigenvalue weighted by Crippen LogP contribution is -2.42. The Balaban J connectivity index is 2.07. The number of ether oxygens (including phenoxy) is 1. The normalized spacial score (nSPS) is 17.2. The minimum Gasteiger partial charge on any atom is -0.443 e. The van der Waals surface area contributed by atoms with E-state index in [4.69, 9.17) is 4.74 Å². The Morgan fingerprint density at radius 2 is 1.96 bits per heavy atom. The molecule has 25 heavy (non-hydrogen) atoms. The summed E-state index contributed by atoms with van der Waals surface area (Å²) in [5.74, 6) is -0.304. The number of anilines is 1. The van der Waals surface area contributed by atoms with E-state index in [1.54, 1.807) is 11.0 Å². The summed E-state index contributed by atoms with van der Waals surface area (Å²) < 4.78 is 20.3.